The number of rotatable bonds is 4. The van der Waals surface area contributed by atoms with Gasteiger partial charge in [0, 0.05) is 24.7 Å². The molecule has 1 fully saturated rings. The van der Waals surface area contributed by atoms with Crippen LogP contribution in [0.2, 0.25) is 0 Å². The number of piperidine rings is 1. The fourth-order valence-electron chi connectivity index (χ4n) is 2.77. The van der Waals surface area contributed by atoms with Crippen LogP contribution in [0.5, 0.6) is 0 Å². The zero-order valence-electron chi connectivity index (χ0n) is 11.7. The maximum absolute atomic E-state index is 13.3. The summed E-state index contributed by atoms with van der Waals surface area (Å²) in [7, 11) is 2.15. The second-order valence-electron chi connectivity index (χ2n) is 5.60. The molecule has 106 valence electrons. The molecule has 0 amide bonds. The van der Waals surface area contributed by atoms with Gasteiger partial charge in [-0.05, 0) is 43.6 Å². The first-order valence-electron chi connectivity index (χ1n) is 6.90. The smallest absolute Gasteiger partial charge is 0.128 e. The molecule has 19 heavy (non-hydrogen) atoms. The van der Waals surface area contributed by atoms with E-state index in [1.165, 1.54) is 6.07 Å². The fourth-order valence-corrected chi connectivity index (χ4v) is 2.77. The summed E-state index contributed by atoms with van der Waals surface area (Å²) in [5.41, 5.74) is 1.40. The molecule has 1 aliphatic heterocycles. The van der Waals surface area contributed by atoms with Crippen LogP contribution in [0.25, 0.3) is 0 Å². The molecule has 0 saturated carbocycles. The van der Waals surface area contributed by atoms with E-state index in [9.17, 15) is 4.39 Å². The van der Waals surface area contributed by atoms with Gasteiger partial charge in [0.25, 0.3) is 0 Å². The Morgan fingerprint density at radius 2 is 2.26 bits per heavy atom. The van der Waals surface area contributed by atoms with Gasteiger partial charge in [0.1, 0.15) is 5.82 Å². The molecule has 0 bridgehead atoms. The molecule has 2 rings (SSSR count). The van der Waals surface area contributed by atoms with Crippen LogP contribution in [0.15, 0.2) is 18.2 Å². The first kappa shape index (κ1) is 14.4. The molecule has 0 spiro atoms. The van der Waals surface area contributed by atoms with Crippen LogP contribution >= 0.6 is 0 Å². The summed E-state index contributed by atoms with van der Waals surface area (Å²) >= 11 is 0. The summed E-state index contributed by atoms with van der Waals surface area (Å²) in [5.74, 6) is 0.287. The number of aliphatic hydroxyl groups excluding tert-OH is 1. The Bertz CT molecular complexity index is 425. The maximum Gasteiger partial charge on any atom is 0.128 e. The average molecular weight is 266 g/mol. The highest BCUT2D eigenvalue weighted by molar-refractivity contribution is 5.24. The molecule has 2 N–H and O–H groups in total. The van der Waals surface area contributed by atoms with E-state index in [4.69, 9.17) is 5.11 Å². The van der Waals surface area contributed by atoms with Crippen molar-refractivity contribution in [1.29, 1.82) is 0 Å². The highest BCUT2D eigenvalue weighted by Crippen LogP contribution is 2.17. The van der Waals surface area contributed by atoms with Crippen LogP contribution < -0.4 is 5.32 Å². The van der Waals surface area contributed by atoms with Gasteiger partial charge in [0.15, 0.2) is 0 Å². The van der Waals surface area contributed by atoms with E-state index >= 15 is 0 Å². The Morgan fingerprint density at radius 3 is 2.95 bits per heavy atom. The normalized spacial score (nSPS) is 24.6. The number of benzene rings is 1. The molecule has 1 saturated heterocycles. The fraction of sp³-hybridized carbons (Fsp3) is 0.600. The summed E-state index contributed by atoms with van der Waals surface area (Å²) in [4.78, 5) is 2.35. The van der Waals surface area contributed by atoms with Gasteiger partial charge < -0.3 is 15.3 Å². The van der Waals surface area contributed by atoms with Crippen LogP contribution in [0, 0.1) is 11.7 Å². The standard InChI is InChI=1S/C15H23FN2O/c1-11-9-18(2)6-5-15(11)17-8-12-3-4-14(16)13(7-12)10-19/h3-4,7,11,15,17,19H,5-6,8-10H2,1-2H3. The van der Waals surface area contributed by atoms with Crippen molar-refractivity contribution in [2.45, 2.75) is 32.5 Å². The van der Waals surface area contributed by atoms with Crippen molar-refractivity contribution in [2.75, 3.05) is 20.1 Å². The Hall–Kier alpha value is -0.970. The molecular weight excluding hydrogens is 243 g/mol. The van der Waals surface area contributed by atoms with Crippen LogP contribution in [0.4, 0.5) is 4.39 Å². The summed E-state index contributed by atoms with van der Waals surface area (Å²) in [6.07, 6.45) is 1.14. The first-order chi connectivity index (χ1) is 9.10. The average Bonchev–Trinajstić information content (AvgIpc) is 2.39. The zero-order chi connectivity index (χ0) is 13.8. The van der Waals surface area contributed by atoms with E-state index < -0.39 is 0 Å². The molecule has 0 aliphatic carbocycles. The number of nitrogens with zero attached hydrogens (tertiary/aromatic N) is 1. The van der Waals surface area contributed by atoms with E-state index in [-0.39, 0.29) is 12.4 Å². The highest BCUT2D eigenvalue weighted by Gasteiger charge is 2.23. The number of likely N-dealkylation sites (tertiary alicyclic amines) is 1. The zero-order valence-corrected chi connectivity index (χ0v) is 11.7. The van der Waals surface area contributed by atoms with E-state index in [0.29, 0.717) is 17.5 Å². The first-order valence-corrected chi connectivity index (χ1v) is 6.90. The van der Waals surface area contributed by atoms with Crippen LogP contribution in [0.3, 0.4) is 0 Å². The third-order valence-corrected chi connectivity index (χ3v) is 3.96. The Balaban J connectivity index is 1.91. The molecule has 1 aromatic carbocycles. The minimum Gasteiger partial charge on any atom is -0.392 e. The summed E-state index contributed by atoms with van der Waals surface area (Å²) < 4.78 is 13.3. The third-order valence-electron chi connectivity index (χ3n) is 3.96. The van der Waals surface area contributed by atoms with Gasteiger partial charge in [0.2, 0.25) is 0 Å². The Kier molecular flexibility index (Phi) is 4.91. The SMILES string of the molecule is CC1CN(C)CCC1NCc1ccc(F)c(CO)c1. The summed E-state index contributed by atoms with van der Waals surface area (Å²) in [6.45, 7) is 4.98. The van der Waals surface area contributed by atoms with Gasteiger partial charge in [-0.2, -0.15) is 0 Å². The number of hydrogen-bond donors (Lipinski definition) is 2. The number of nitrogens with one attached hydrogen (secondary N) is 1. The molecule has 1 aromatic rings. The molecule has 0 aromatic heterocycles. The van der Waals surface area contributed by atoms with E-state index in [0.717, 1.165) is 31.6 Å². The molecule has 1 heterocycles. The summed E-state index contributed by atoms with van der Waals surface area (Å²) in [6, 6.07) is 5.46. The molecular formula is C15H23FN2O. The van der Waals surface area contributed by atoms with Gasteiger partial charge >= 0.3 is 0 Å². The van der Waals surface area contributed by atoms with Gasteiger partial charge in [-0.3, -0.25) is 0 Å². The Morgan fingerprint density at radius 1 is 1.47 bits per heavy atom. The lowest BCUT2D eigenvalue weighted by atomic mass is 9.94. The van der Waals surface area contributed by atoms with Gasteiger partial charge in [0.05, 0.1) is 6.61 Å². The van der Waals surface area contributed by atoms with Crippen LogP contribution in [0.1, 0.15) is 24.5 Å². The predicted molar refractivity (Wildman–Crippen MR) is 74.2 cm³/mol. The maximum atomic E-state index is 13.3. The van der Waals surface area contributed by atoms with Crippen molar-refractivity contribution in [1.82, 2.24) is 10.2 Å². The molecule has 2 unspecified atom stereocenters. The topological polar surface area (TPSA) is 35.5 Å². The second-order valence-corrected chi connectivity index (χ2v) is 5.60. The predicted octanol–water partition coefficient (Wildman–Crippen LogP) is 1.75. The third kappa shape index (κ3) is 3.75. The van der Waals surface area contributed by atoms with Crippen molar-refractivity contribution in [3.8, 4) is 0 Å². The van der Waals surface area contributed by atoms with Crippen molar-refractivity contribution in [2.24, 2.45) is 5.92 Å². The van der Waals surface area contributed by atoms with Gasteiger partial charge in [-0.15, -0.1) is 0 Å². The minimum absolute atomic E-state index is 0.246. The molecule has 3 nitrogen and oxygen atoms in total. The Labute approximate surface area is 114 Å². The van der Waals surface area contributed by atoms with Crippen LogP contribution in [-0.4, -0.2) is 36.2 Å². The van der Waals surface area contributed by atoms with Crippen molar-refractivity contribution >= 4 is 0 Å². The number of hydrogen-bond acceptors (Lipinski definition) is 3. The largest absolute Gasteiger partial charge is 0.392 e. The lowest BCUT2D eigenvalue weighted by molar-refractivity contribution is 0.174. The van der Waals surface area contributed by atoms with Crippen LogP contribution in [-0.2, 0) is 13.2 Å². The second kappa shape index (κ2) is 6.46. The van der Waals surface area contributed by atoms with Gasteiger partial charge in [-0.25, -0.2) is 4.39 Å². The molecule has 4 heteroatoms. The minimum atomic E-state index is -0.334. The monoisotopic (exact) mass is 266 g/mol. The number of aliphatic hydroxyl groups is 1. The van der Waals surface area contributed by atoms with E-state index in [1.807, 2.05) is 0 Å². The quantitative estimate of drug-likeness (QED) is 0.871. The lowest BCUT2D eigenvalue weighted by Crippen LogP contribution is -2.46. The van der Waals surface area contributed by atoms with E-state index in [2.05, 4.69) is 24.2 Å². The van der Waals surface area contributed by atoms with Crippen molar-refractivity contribution in [3.05, 3.63) is 35.1 Å². The van der Waals surface area contributed by atoms with Crippen molar-refractivity contribution < 1.29 is 9.50 Å². The number of halogens is 1. The lowest BCUT2D eigenvalue weighted by Gasteiger charge is -2.35. The van der Waals surface area contributed by atoms with Gasteiger partial charge in [-0.1, -0.05) is 13.0 Å². The highest BCUT2D eigenvalue weighted by atomic mass is 19.1. The van der Waals surface area contributed by atoms with Crippen molar-refractivity contribution in [3.63, 3.8) is 0 Å². The molecule has 1 aliphatic rings. The van der Waals surface area contributed by atoms with E-state index in [1.54, 1.807) is 12.1 Å². The molecule has 2 atom stereocenters. The molecule has 0 radical (unpaired) electrons. The summed E-state index contributed by atoms with van der Waals surface area (Å²) in [5, 5.41) is 12.6.